The average Bonchev–Trinajstić information content (AvgIpc) is 3.04. The highest BCUT2D eigenvalue weighted by atomic mass is 32.2. The lowest BCUT2D eigenvalue weighted by molar-refractivity contribution is 0.574. The predicted molar refractivity (Wildman–Crippen MR) is 85.3 cm³/mol. The summed E-state index contributed by atoms with van der Waals surface area (Å²) in [4.78, 5) is 4.84. The van der Waals surface area contributed by atoms with Crippen molar-refractivity contribution in [3.8, 4) is 0 Å². The molecule has 20 heavy (non-hydrogen) atoms. The van der Waals surface area contributed by atoms with Gasteiger partial charge >= 0.3 is 0 Å². The zero-order chi connectivity index (χ0) is 13.9. The minimum Gasteiger partial charge on any atom is -0.309 e. The Bertz CT molecular complexity index is 570. The zero-order valence-electron chi connectivity index (χ0n) is 12.3. The largest absolute Gasteiger partial charge is 0.309 e. The molecule has 1 aliphatic rings. The van der Waals surface area contributed by atoms with E-state index in [-0.39, 0.29) is 0 Å². The van der Waals surface area contributed by atoms with Crippen LogP contribution in [0.3, 0.4) is 0 Å². The summed E-state index contributed by atoms with van der Waals surface area (Å²) < 4.78 is 2.23. The summed E-state index contributed by atoms with van der Waals surface area (Å²) in [6.45, 7) is 5.26. The molecule has 108 valence electrons. The topological polar surface area (TPSA) is 29.3 Å². The molecule has 1 N–H and O–H groups in total. The highest BCUT2D eigenvalue weighted by molar-refractivity contribution is 7.99. The smallest absolute Gasteiger partial charge is 0.138 e. The molecule has 1 fully saturated rings. The normalized spacial score (nSPS) is 16.6. The molecule has 4 heteroatoms. The third-order valence-corrected chi connectivity index (χ3v) is 5.21. The standard InChI is InChI=1S/C16H23N3S/c1-12(2)17-11-14-16(20-13-7-3-4-8-13)18-15-9-5-6-10-19(14)15/h5-6,9-10,12-13,17H,3-4,7-8,11H2,1-2H3. The quantitative estimate of drug-likeness (QED) is 0.906. The molecule has 3 nitrogen and oxygen atoms in total. The van der Waals surface area contributed by atoms with Crippen molar-refractivity contribution in [3.05, 3.63) is 30.1 Å². The Kier molecular flexibility index (Phi) is 4.32. The molecule has 2 aromatic rings. The molecule has 0 atom stereocenters. The summed E-state index contributed by atoms with van der Waals surface area (Å²) in [5.74, 6) is 0. The summed E-state index contributed by atoms with van der Waals surface area (Å²) in [6, 6.07) is 6.73. The first-order valence-electron chi connectivity index (χ1n) is 7.60. The van der Waals surface area contributed by atoms with Gasteiger partial charge in [0.25, 0.3) is 0 Å². The maximum Gasteiger partial charge on any atom is 0.138 e. The van der Waals surface area contributed by atoms with E-state index in [0.29, 0.717) is 6.04 Å². The Labute approximate surface area is 125 Å². The van der Waals surface area contributed by atoms with Gasteiger partial charge in [-0.25, -0.2) is 4.98 Å². The number of imidazole rings is 1. The number of thioether (sulfide) groups is 1. The second-order valence-electron chi connectivity index (χ2n) is 5.85. The Morgan fingerprint density at radius 2 is 2.15 bits per heavy atom. The van der Waals surface area contributed by atoms with Gasteiger partial charge in [-0.1, -0.05) is 32.8 Å². The van der Waals surface area contributed by atoms with Gasteiger partial charge in [-0.2, -0.15) is 0 Å². The lowest BCUT2D eigenvalue weighted by Gasteiger charge is -2.11. The first-order chi connectivity index (χ1) is 9.74. The van der Waals surface area contributed by atoms with Gasteiger partial charge in [-0.3, -0.25) is 0 Å². The van der Waals surface area contributed by atoms with Gasteiger partial charge in [0, 0.05) is 24.0 Å². The Hall–Kier alpha value is -1.00. The van der Waals surface area contributed by atoms with Crippen LogP contribution in [0.5, 0.6) is 0 Å². The summed E-state index contributed by atoms with van der Waals surface area (Å²) in [7, 11) is 0. The van der Waals surface area contributed by atoms with Crippen LogP contribution in [-0.2, 0) is 6.54 Å². The maximum absolute atomic E-state index is 4.84. The van der Waals surface area contributed by atoms with E-state index in [4.69, 9.17) is 4.98 Å². The van der Waals surface area contributed by atoms with Crippen LogP contribution in [0.25, 0.3) is 5.65 Å². The number of hydrogen-bond donors (Lipinski definition) is 1. The van der Waals surface area contributed by atoms with E-state index >= 15 is 0 Å². The van der Waals surface area contributed by atoms with Crippen LogP contribution in [0, 0.1) is 0 Å². The number of aromatic nitrogens is 2. The van der Waals surface area contributed by atoms with Gasteiger partial charge in [0.15, 0.2) is 0 Å². The van der Waals surface area contributed by atoms with E-state index < -0.39 is 0 Å². The van der Waals surface area contributed by atoms with Crippen molar-refractivity contribution in [3.63, 3.8) is 0 Å². The van der Waals surface area contributed by atoms with Crippen molar-refractivity contribution in [2.45, 2.75) is 62.4 Å². The molecular weight excluding hydrogens is 266 g/mol. The van der Waals surface area contributed by atoms with Crippen molar-refractivity contribution in [2.24, 2.45) is 0 Å². The molecule has 0 spiro atoms. The van der Waals surface area contributed by atoms with Crippen molar-refractivity contribution in [1.29, 1.82) is 0 Å². The number of nitrogens with zero attached hydrogens (tertiary/aromatic N) is 2. The third-order valence-electron chi connectivity index (χ3n) is 3.85. The molecule has 0 unspecified atom stereocenters. The monoisotopic (exact) mass is 289 g/mol. The fourth-order valence-electron chi connectivity index (χ4n) is 2.75. The molecule has 2 heterocycles. The molecule has 0 aromatic carbocycles. The first kappa shape index (κ1) is 14.0. The van der Waals surface area contributed by atoms with Gasteiger partial charge in [0.05, 0.1) is 5.69 Å². The van der Waals surface area contributed by atoms with Gasteiger partial charge in [0.2, 0.25) is 0 Å². The number of pyridine rings is 1. The molecule has 0 aliphatic heterocycles. The second-order valence-corrected chi connectivity index (χ2v) is 7.14. The summed E-state index contributed by atoms with van der Waals surface area (Å²) in [5.41, 5.74) is 2.37. The van der Waals surface area contributed by atoms with Crippen LogP contribution < -0.4 is 5.32 Å². The average molecular weight is 289 g/mol. The molecule has 3 rings (SSSR count). The van der Waals surface area contributed by atoms with Gasteiger partial charge in [0.1, 0.15) is 10.7 Å². The third kappa shape index (κ3) is 3.01. The fraction of sp³-hybridized carbons (Fsp3) is 0.562. The second kappa shape index (κ2) is 6.19. The molecule has 1 aliphatic carbocycles. The van der Waals surface area contributed by atoms with Crippen LogP contribution in [0.2, 0.25) is 0 Å². The lowest BCUT2D eigenvalue weighted by Crippen LogP contribution is -2.23. The molecular formula is C16H23N3S. The molecule has 0 radical (unpaired) electrons. The molecule has 0 bridgehead atoms. The van der Waals surface area contributed by atoms with Crippen molar-refractivity contribution < 1.29 is 0 Å². The summed E-state index contributed by atoms with van der Waals surface area (Å²) in [5, 5.41) is 5.51. The van der Waals surface area contributed by atoms with Crippen molar-refractivity contribution >= 4 is 17.4 Å². The van der Waals surface area contributed by atoms with E-state index in [0.717, 1.165) is 17.4 Å². The lowest BCUT2D eigenvalue weighted by atomic mass is 10.3. The number of hydrogen-bond acceptors (Lipinski definition) is 3. The first-order valence-corrected chi connectivity index (χ1v) is 8.48. The maximum atomic E-state index is 4.84. The minimum atomic E-state index is 0.494. The van der Waals surface area contributed by atoms with E-state index in [1.165, 1.54) is 36.4 Å². The fourth-order valence-corrected chi connectivity index (χ4v) is 4.08. The van der Waals surface area contributed by atoms with E-state index in [1.807, 2.05) is 11.8 Å². The van der Waals surface area contributed by atoms with Crippen LogP contribution in [0.4, 0.5) is 0 Å². The minimum absolute atomic E-state index is 0.494. The Morgan fingerprint density at radius 3 is 2.90 bits per heavy atom. The molecule has 0 amide bonds. The number of fused-ring (bicyclic) bond motifs is 1. The highest BCUT2D eigenvalue weighted by Crippen LogP contribution is 2.36. The molecule has 1 saturated carbocycles. The summed E-state index contributed by atoms with van der Waals surface area (Å²) >= 11 is 1.98. The highest BCUT2D eigenvalue weighted by Gasteiger charge is 2.20. The van der Waals surface area contributed by atoms with E-state index in [9.17, 15) is 0 Å². The van der Waals surface area contributed by atoms with Gasteiger partial charge in [-0.15, -0.1) is 11.8 Å². The van der Waals surface area contributed by atoms with Crippen molar-refractivity contribution in [2.75, 3.05) is 0 Å². The zero-order valence-corrected chi connectivity index (χ0v) is 13.1. The molecule has 2 aromatic heterocycles. The SMILES string of the molecule is CC(C)NCc1c(SC2CCCC2)nc2ccccn12. The Morgan fingerprint density at radius 1 is 1.35 bits per heavy atom. The number of nitrogens with one attached hydrogen (secondary N) is 1. The van der Waals surface area contributed by atoms with Crippen LogP contribution in [0.15, 0.2) is 29.4 Å². The van der Waals surface area contributed by atoms with Crippen molar-refractivity contribution in [1.82, 2.24) is 14.7 Å². The molecule has 0 saturated heterocycles. The predicted octanol–water partition coefficient (Wildman–Crippen LogP) is 3.87. The van der Waals surface area contributed by atoms with Crippen LogP contribution >= 0.6 is 11.8 Å². The summed E-state index contributed by atoms with van der Waals surface area (Å²) in [6.07, 6.45) is 7.57. The Balaban J connectivity index is 1.89. The van der Waals surface area contributed by atoms with Gasteiger partial charge in [-0.05, 0) is 25.0 Å². The van der Waals surface area contributed by atoms with Gasteiger partial charge < -0.3 is 9.72 Å². The van der Waals surface area contributed by atoms with E-state index in [1.54, 1.807) is 0 Å². The number of rotatable bonds is 5. The van der Waals surface area contributed by atoms with E-state index in [2.05, 4.69) is 48.0 Å². The van der Waals surface area contributed by atoms with Crippen LogP contribution in [-0.4, -0.2) is 20.7 Å². The van der Waals surface area contributed by atoms with Crippen LogP contribution in [0.1, 0.15) is 45.2 Å².